The number of hydrogen-bond donors (Lipinski definition) is 0. The molecule has 1 aromatic rings. The van der Waals surface area contributed by atoms with Crippen LogP contribution in [0.4, 0.5) is 4.39 Å². The van der Waals surface area contributed by atoms with Gasteiger partial charge in [0, 0.05) is 0 Å². The van der Waals surface area contributed by atoms with E-state index in [9.17, 15) is 12.8 Å². The SMILES string of the molecule is N#COS(=O)(=O)Oc1ccc(F)cc1. The first-order valence-corrected chi connectivity index (χ1v) is 4.64. The van der Waals surface area contributed by atoms with Crippen LogP contribution in [0.15, 0.2) is 24.3 Å². The Morgan fingerprint density at radius 2 is 1.86 bits per heavy atom. The summed E-state index contributed by atoms with van der Waals surface area (Å²) in [5, 5.41) is 7.93. The molecule has 0 unspecified atom stereocenters. The van der Waals surface area contributed by atoms with Crippen LogP contribution in [-0.4, -0.2) is 8.42 Å². The first-order chi connectivity index (χ1) is 6.53. The summed E-state index contributed by atoms with van der Waals surface area (Å²) in [6, 6.07) is 4.20. The number of rotatable bonds is 3. The molecule has 0 aliphatic heterocycles. The molecule has 0 spiro atoms. The van der Waals surface area contributed by atoms with Crippen molar-refractivity contribution in [2.45, 2.75) is 0 Å². The topological polar surface area (TPSA) is 76.4 Å². The van der Waals surface area contributed by atoms with Gasteiger partial charge in [-0.05, 0) is 24.3 Å². The van der Waals surface area contributed by atoms with Gasteiger partial charge < -0.3 is 4.18 Å². The maximum atomic E-state index is 12.4. The number of hydrogen-bond acceptors (Lipinski definition) is 5. The minimum atomic E-state index is -4.38. The maximum absolute atomic E-state index is 12.4. The predicted molar refractivity (Wildman–Crippen MR) is 42.6 cm³/mol. The van der Waals surface area contributed by atoms with E-state index in [1.807, 2.05) is 0 Å². The van der Waals surface area contributed by atoms with Crippen LogP contribution in [0.3, 0.4) is 0 Å². The fraction of sp³-hybridized carbons (Fsp3) is 0. The molecule has 0 aliphatic carbocycles. The lowest BCUT2D eigenvalue weighted by Gasteiger charge is -2.01. The first-order valence-electron chi connectivity index (χ1n) is 3.31. The van der Waals surface area contributed by atoms with Gasteiger partial charge in [-0.15, -0.1) is 13.7 Å². The maximum Gasteiger partial charge on any atom is 0.511 e. The van der Waals surface area contributed by atoms with Gasteiger partial charge >= 0.3 is 16.7 Å². The van der Waals surface area contributed by atoms with Crippen molar-refractivity contribution in [1.29, 1.82) is 5.26 Å². The molecule has 5 nitrogen and oxygen atoms in total. The van der Waals surface area contributed by atoms with E-state index < -0.39 is 16.2 Å². The minimum absolute atomic E-state index is 0.137. The molecule has 0 heterocycles. The largest absolute Gasteiger partial charge is 0.511 e. The van der Waals surface area contributed by atoms with Crippen molar-refractivity contribution in [2.24, 2.45) is 0 Å². The summed E-state index contributed by atoms with van der Waals surface area (Å²) in [4.78, 5) is 0. The van der Waals surface area contributed by atoms with Crippen molar-refractivity contribution in [3.63, 3.8) is 0 Å². The predicted octanol–water partition coefficient (Wildman–Crippen LogP) is 0.947. The third-order valence-corrected chi connectivity index (χ3v) is 1.83. The van der Waals surface area contributed by atoms with Crippen molar-refractivity contribution in [1.82, 2.24) is 0 Å². The van der Waals surface area contributed by atoms with Gasteiger partial charge in [0.2, 0.25) is 0 Å². The van der Waals surface area contributed by atoms with Gasteiger partial charge in [-0.1, -0.05) is 0 Å². The van der Waals surface area contributed by atoms with Gasteiger partial charge in [0.15, 0.2) is 0 Å². The summed E-state index contributed by atoms with van der Waals surface area (Å²) in [5.74, 6) is -0.669. The van der Waals surface area contributed by atoms with Crippen molar-refractivity contribution in [3.05, 3.63) is 30.1 Å². The normalized spacial score (nSPS) is 10.3. The van der Waals surface area contributed by atoms with Gasteiger partial charge in [-0.2, -0.15) is 0 Å². The minimum Gasteiger partial charge on any atom is -0.352 e. The highest BCUT2D eigenvalue weighted by Crippen LogP contribution is 2.13. The zero-order valence-corrected chi connectivity index (χ0v) is 7.49. The highest BCUT2D eigenvalue weighted by atomic mass is 32.3. The molecule has 0 N–H and O–H groups in total. The van der Waals surface area contributed by atoms with Gasteiger partial charge in [-0.25, -0.2) is 4.39 Å². The lowest BCUT2D eigenvalue weighted by molar-refractivity contribution is 0.372. The van der Waals surface area contributed by atoms with Gasteiger partial charge in [0.1, 0.15) is 11.6 Å². The fourth-order valence-corrected chi connectivity index (χ4v) is 1.14. The molecule has 74 valence electrons. The number of nitrogens with zero attached hydrogens (tertiary/aromatic N) is 1. The fourth-order valence-electron chi connectivity index (χ4n) is 0.671. The van der Waals surface area contributed by atoms with Crippen LogP contribution in [0.25, 0.3) is 0 Å². The van der Waals surface area contributed by atoms with Gasteiger partial charge in [0.25, 0.3) is 0 Å². The van der Waals surface area contributed by atoms with E-state index in [0.29, 0.717) is 0 Å². The molecule has 1 rings (SSSR count). The van der Waals surface area contributed by atoms with E-state index in [1.54, 1.807) is 0 Å². The molecular formula is C7H4FNO4S. The first kappa shape index (κ1) is 10.3. The standard InChI is InChI=1S/C7H4FNO4S/c8-6-1-3-7(4-2-6)13-14(10,11)12-5-9/h1-4H. The zero-order chi connectivity index (χ0) is 10.6. The van der Waals surface area contributed by atoms with E-state index in [1.165, 1.54) is 0 Å². The summed E-state index contributed by atoms with van der Waals surface area (Å²) in [7, 11) is -4.38. The molecule has 1 aromatic carbocycles. The Kier molecular flexibility index (Phi) is 2.89. The summed E-state index contributed by atoms with van der Waals surface area (Å²) < 4.78 is 41.7. The second-order valence-electron chi connectivity index (χ2n) is 2.12. The van der Waals surface area contributed by atoms with E-state index >= 15 is 0 Å². The average molecular weight is 217 g/mol. The Labute approximate surface area is 79.6 Å². The highest BCUT2D eigenvalue weighted by molar-refractivity contribution is 7.82. The summed E-state index contributed by atoms with van der Waals surface area (Å²) in [6.07, 6.45) is 0.953. The Hall–Kier alpha value is -1.81. The summed E-state index contributed by atoms with van der Waals surface area (Å²) in [6.45, 7) is 0. The molecule has 0 aliphatic rings. The molecule has 0 saturated heterocycles. The Morgan fingerprint density at radius 3 is 2.36 bits per heavy atom. The second-order valence-corrected chi connectivity index (χ2v) is 3.27. The second kappa shape index (κ2) is 3.93. The van der Waals surface area contributed by atoms with Crippen LogP contribution >= 0.6 is 0 Å². The molecule has 0 bridgehead atoms. The Balaban J connectivity index is 2.80. The number of halogens is 1. The van der Waals surface area contributed by atoms with Gasteiger partial charge in [0.05, 0.1) is 0 Å². The summed E-state index contributed by atoms with van der Waals surface area (Å²) in [5.41, 5.74) is 0. The molecule has 0 amide bonds. The van der Waals surface area contributed by atoms with Crippen molar-refractivity contribution in [2.75, 3.05) is 0 Å². The van der Waals surface area contributed by atoms with Gasteiger partial charge in [-0.3, -0.25) is 4.18 Å². The Morgan fingerprint density at radius 1 is 1.29 bits per heavy atom. The summed E-state index contributed by atoms with van der Waals surface area (Å²) >= 11 is 0. The molecular weight excluding hydrogens is 213 g/mol. The van der Waals surface area contributed by atoms with E-state index in [4.69, 9.17) is 5.26 Å². The third-order valence-electron chi connectivity index (χ3n) is 1.15. The van der Waals surface area contributed by atoms with Crippen molar-refractivity contribution in [3.8, 4) is 12.0 Å². The molecule has 0 radical (unpaired) electrons. The molecule has 0 atom stereocenters. The lowest BCUT2D eigenvalue weighted by atomic mass is 10.3. The van der Waals surface area contributed by atoms with Crippen LogP contribution in [0.5, 0.6) is 5.75 Å². The molecule has 7 heteroatoms. The third kappa shape index (κ3) is 2.91. The van der Waals surface area contributed by atoms with E-state index in [-0.39, 0.29) is 5.75 Å². The van der Waals surface area contributed by atoms with Crippen molar-refractivity contribution >= 4 is 10.4 Å². The van der Waals surface area contributed by atoms with Crippen molar-refractivity contribution < 1.29 is 21.2 Å². The van der Waals surface area contributed by atoms with E-state index in [0.717, 1.165) is 30.5 Å². The molecule has 0 fully saturated rings. The van der Waals surface area contributed by atoms with Crippen LogP contribution < -0.4 is 4.18 Å². The molecule has 0 aromatic heterocycles. The van der Waals surface area contributed by atoms with Crippen LogP contribution in [0.2, 0.25) is 0 Å². The average Bonchev–Trinajstić information content (AvgIpc) is 2.08. The highest BCUT2D eigenvalue weighted by Gasteiger charge is 2.13. The van der Waals surface area contributed by atoms with Crippen LogP contribution in [-0.2, 0) is 14.6 Å². The number of nitriles is 1. The smallest absolute Gasteiger partial charge is 0.352 e. The van der Waals surface area contributed by atoms with Crippen LogP contribution in [0.1, 0.15) is 0 Å². The van der Waals surface area contributed by atoms with Crippen LogP contribution in [0, 0.1) is 17.3 Å². The number of benzene rings is 1. The lowest BCUT2D eigenvalue weighted by Crippen LogP contribution is -2.10. The quantitative estimate of drug-likeness (QED) is 0.704. The Bertz CT molecular complexity index is 448. The monoisotopic (exact) mass is 217 g/mol. The zero-order valence-electron chi connectivity index (χ0n) is 6.68. The molecule has 14 heavy (non-hydrogen) atoms. The van der Waals surface area contributed by atoms with E-state index in [2.05, 4.69) is 8.37 Å². The molecule has 0 saturated carbocycles.